The highest BCUT2D eigenvalue weighted by Crippen LogP contribution is 2.64. The predicted octanol–water partition coefficient (Wildman–Crippen LogP) is 3.14. The number of carbonyl (C=O) groups excluding carboxylic acids is 2. The summed E-state index contributed by atoms with van der Waals surface area (Å²) in [5.41, 5.74) is -0.304. The second-order valence-electron chi connectivity index (χ2n) is 8.98. The van der Waals surface area contributed by atoms with E-state index in [4.69, 9.17) is 0 Å². The zero-order valence-corrected chi connectivity index (χ0v) is 13.8. The maximum absolute atomic E-state index is 13.0. The lowest BCUT2D eigenvalue weighted by Crippen LogP contribution is -2.57. The summed E-state index contributed by atoms with van der Waals surface area (Å²) in [5, 5.41) is 10.0. The Morgan fingerprint density at radius 2 is 1.86 bits per heavy atom. The van der Waals surface area contributed by atoms with E-state index >= 15 is 0 Å². The number of rotatable bonds is 0. The molecule has 0 aliphatic heterocycles. The Bertz CT molecular complexity index is 527. The summed E-state index contributed by atoms with van der Waals surface area (Å²) in [6, 6.07) is 0. The Hall–Kier alpha value is -0.700. The molecule has 0 aromatic rings. The van der Waals surface area contributed by atoms with Crippen molar-refractivity contribution >= 4 is 11.6 Å². The van der Waals surface area contributed by atoms with Crippen molar-refractivity contribution in [3.05, 3.63) is 0 Å². The van der Waals surface area contributed by atoms with Crippen LogP contribution in [0.4, 0.5) is 0 Å². The molecule has 0 heterocycles. The number of carbonyl (C=O) groups is 2. The molecule has 4 aliphatic rings. The molecule has 0 radical (unpaired) electrons. The van der Waals surface area contributed by atoms with Crippen LogP contribution < -0.4 is 0 Å². The lowest BCUT2D eigenvalue weighted by Gasteiger charge is -2.58. The van der Waals surface area contributed by atoms with Gasteiger partial charge in [0, 0.05) is 24.2 Å². The molecule has 4 rings (SSSR count). The monoisotopic (exact) mass is 304 g/mol. The number of Topliss-reactive ketones (excluding diaryl/α,β-unsaturated/α-hetero) is 2. The van der Waals surface area contributed by atoms with Crippen LogP contribution in [0, 0.1) is 34.5 Å². The minimum Gasteiger partial charge on any atom is -0.393 e. The first-order chi connectivity index (χ1) is 10.4. The van der Waals surface area contributed by atoms with E-state index in [0.29, 0.717) is 42.2 Å². The number of ketones is 2. The molecule has 22 heavy (non-hydrogen) atoms. The molecule has 3 nitrogen and oxygen atoms in total. The Labute approximate surface area is 132 Å². The third kappa shape index (κ3) is 1.78. The van der Waals surface area contributed by atoms with Crippen LogP contribution in [0.1, 0.15) is 65.2 Å². The fourth-order valence-corrected chi connectivity index (χ4v) is 6.83. The average Bonchev–Trinajstić information content (AvgIpc) is 2.75. The van der Waals surface area contributed by atoms with Crippen LogP contribution >= 0.6 is 0 Å². The highest BCUT2D eigenvalue weighted by Gasteiger charge is 2.63. The average molecular weight is 304 g/mol. The molecule has 0 aromatic carbocycles. The summed E-state index contributed by atoms with van der Waals surface area (Å²) in [7, 11) is 0. The van der Waals surface area contributed by atoms with E-state index in [-0.39, 0.29) is 22.9 Å². The predicted molar refractivity (Wildman–Crippen MR) is 83.1 cm³/mol. The Balaban J connectivity index is 1.71. The van der Waals surface area contributed by atoms with Gasteiger partial charge in [0.1, 0.15) is 11.6 Å². The molecule has 4 saturated carbocycles. The molecular formula is C19H28O3. The van der Waals surface area contributed by atoms with Crippen LogP contribution in [0.15, 0.2) is 0 Å². The number of fused-ring (bicyclic) bond motifs is 5. The second-order valence-corrected chi connectivity index (χ2v) is 8.98. The summed E-state index contributed by atoms with van der Waals surface area (Å²) < 4.78 is 0. The minimum atomic E-state index is -0.365. The normalized spacial score (nSPS) is 54.6. The van der Waals surface area contributed by atoms with Crippen LogP contribution in [0.3, 0.4) is 0 Å². The molecule has 3 heteroatoms. The van der Waals surface area contributed by atoms with Gasteiger partial charge in [-0.1, -0.05) is 13.8 Å². The van der Waals surface area contributed by atoms with Crippen molar-refractivity contribution in [3.63, 3.8) is 0 Å². The van der Waals surface area contributed by atoms with Crippen molar-refractivity contribution in [2.24, 2.45) is 34.5 Å². The van der Waals surface area contributed by atoms with Crippen molar-refractivity contribution in [2.75, 3.05) is 0 Å². The van der Waals surface area contributed by atoms with Gasteiger partial charge in [-0.25, -0.2) is 0 Å². The third-order valence-electron chi connectivity index (χ3n) is 8.04. The van der Waals surface area contributed by atoms with Gasteiger partial charge in [-0.3, -0.25) is 9.59 Å². The molecule has 0 bridgehead atoms. The minimum absolute atomic E-state index is 0.0617. The highest BCUT2D eigenvalue weighted by molar-refractivity contribution is 5.95. The Kier molecular flexibility index (Phi) is 3.15. The highest BCUT2D eigenvalue weighted by atomic mass is 16.3. The number of hydrogen-bond acceptors (Lipinski definition) is 3. The van der Waals surface area contributed by atoms with Crippen molar-refractivity contribution < 1.29 is 14.7 Å². The zero-order valence-electron chi connectivity index (χ0n) is 13.8. The van der Waals surface area contributed by atoms with Crippen LogP contribution in [0.25, 0.3) is 0 Å². The van der Waals surface area contributed by atoms with Gasteiger partial charge in [-0.2, -0.15) is 0 Å². The molecule has 0 saturated heterocycles. The number of aliphatic hydroxyl groups is 1. The molecule has 0 spiro atoms. The van der Waals surface area contributed by atoms with Crippen LogP contribution in [-0.4, -0.2) is 22.8 Å². The standard InChI is InChI=1S/C19H28O3/c1-18-8-7-12(20)9-11(18)3-4-13-14-5-6-16(22)19(14,2)10-15(21)17(13)18/h11-14,17,20H,3-10H2,1-2H3/t11?,12-,13+,14+,17-,18+,19+/m1/s1. The first-order valence-corrected chi connectivity index (χ1v) is 9.10. The van der Waals surface area contributed by atoms with E-state index < -0.39 is 0 Å². The molecule has 0 amide bonds. The second kappa shape index (κ2) is 4.66. The lowest BCUT2D eigenvalue weighted by atomic mass is 9.45. The smallest absolute Gasteiger partial charge is 0.139 e. The molecule has 122 valence electrons. The SMILES string of the molecule is C[C@]12CC[C@@H](O)CC1CC[C@@H]1[C@@H]2C(=O)C[C@]2(C)C(=O)CC[C@@H]12. The van der Waals surface area contributed by atoms with E-state index in [1.54, 1.807) is 0 Å². The van der Waals surface area contributed by atoms with E-state index in [0.717, 1.165) is 38.5 Å². The molecule has 1 unspecified atom stereocenters. The lowest BCUT2D eigenvalue weighted by molar-refractivity contribution is -0.162. The summed E-state index contributed by atoms with van der Waals surface area (Å²) in [6.07, 6.45) is 6.86. The Morgan fingerprint density at radius 1 is 1.09 bits per heavy atom. The largest absolute Gasteiger partial charge is 0.393 e. The fourth-order valence-electron chi connectivity index (χ4n) is 6.83. The van der Waals surface area contributed by atoms with Gasteiger partial charge in [0.2, 0.25) is 0 Å². The van der Waals surface area contributed by atoms with Gasteiger partial charge < -0.3 is 5.11 Å². The van der Waals surface area contributed by atoms with Crippen LogP contribution in [0.2, 0.25) is 0 Å². The quantitative estimate of drug-likeness (QED) is 0.748. The maximum atomic E-state index is 13.0. The van der Waals surface area contributed by atoms with E-state index in [2.05, 4.69) is 13.8 Å². The van der Waals surface area contributed by atoms with Crippen molar-refractivity contribution in [2.45, 2.75) is 71.3 Å². The Morgan fingerprint density at radius 3 is 2.64 bits per heavy atom. The zero-order chi connectivity index (χ0) is 15.7. The van der Waals surface area contributed by atoms with Gasteiger partial charge in [0.15, 0.2) is 0 Å². The molecule has 7 atom stereocenters. The molecule has 4 aliphatic carbocycles. The number of hydrogen-bond donors (Lipinski definition) is 1. The van der Waals surface area contributed by atoms with Gasteiger partial charge >= 0.3 is 0 Å². The third-order valence-corrected chi connectivity index (χ3v) is 8.04. The first-order valence-electron chi connectivity index (χ1n) is 9.10. The van der Waals surface area contributed by atoms with Crippen molar-refractivity contribution in [3.8, 4) is 0 Å². The van der Waals surface area contributed by atoms with Crippen molar-refractivity contribution in [1.29, 1.82) is 0 Å². The van der Waals surface area contributed by atoms with Crippen LogP contribution in [0.5, 0.6) is 0 Å². The van der Waals surface area contributed by atoms with Gasteiger partial charge in [0.05, 0.1) is 6.10 Å². The summed E-state index contributed by atoms with van der Waals surface area (Å²) in [4.78, 5) is 25.4. The molecular weight excluding hydrogens is 276 g/mol. The van der Waals surface area contributed by atoms with Gasteiger partial charge in [0.25, 0.3) is 0 Å². The summed E-state index contributed by atoms with van der Waals surface area (Å²) in [5.74, 6) is 2.14. The molecule has 1 N–H and O–H groups in total. The topological polar surface area (TPSA) is 54.4 Å². The fraction of sp³-hybridized carbons (Fsp3) is 0.895. The first kappa shape index (κ1) is 14.9. The number of aliphatic hydroxyl groups excluding tert-OH is 1. The van der Waals surface area contributed by atoms with E-state index in [1.165, 1.54) is 0 Å². The molecule has 4 fully saturated rings. The van der Waals surface area contributed by atoms with E-state index in [9.17, 15) is 14.7 Å². The van der Waals surface area contributed by atoms with Crippen LogP contribution in [-0.2, 0) is 9.59 Å². The van der Waals surface area contributed by atoms with Gasteiger partial charge in [-0.15, -0.1) is 0 Å². The van der Waals surface area contributed by atoms with Gasteiger partial charge in [-0.05, 0) is 61.7 Å². The maximum Gasteiger partial charge on any atom is 0.139 e. The summed E-state index contributed by atoms with van der Waals surface area (Å²) >= 11 is 0. The molecule has 0 aromatic heterocycles. The van der Waals surface area contributed by atoms with Crippen molar-refractivity contribution in [1.82, 2.24) is 0 Å². The van der Waals surface area contributed by atoms with E-state index in [1.807, 2.05) is 0 Å². The summed E-state index contributed by atoms with van der Waals surface area (Å²) in [6.45, 7) is 4.36.